The van der Waals surface area contributed by atoms with Gasteiger partial charge in [0, 0.05) is 46.1 Å². The van der Waals surface area contributed by atoms with E-state index < -0.39 is 5.60 Å². The molecule has 0 saturated carbocycles. The first-order chi connectivity index (χ1) is 19.3. The summed E-state index contributed by atoms with van der Waals surface area (Å²) in [5.41, 5.74) is -0.522. The lowest BCUT2D eigenvalue weighted by Crippen LogP contribution is -2.54. The number of carbonyl (C=O) groups is 1. The number of urea groups is 1. The van der Waals surface area contributed by atoms with Crippen molar-refractivity contribution >= 4 is 17.1 Å². The molecule has 4 aromatic rings. The molecule has 0 spiro atoms. The molecule has 2 amide bonds. The quantitative estimate of drug-likeness (QED) is 0.403. The minimum absolute atomic E-state index is 0.0321. The number of amides is 2. The molecule has 0 radical (unpaired) electrons. The Morgan fingerprint density at radius 1 is 1.07 bits per heavy atom. The Bertz CT molecular complexity index is 1560. The van der Waals surface area contributed by atoms with Crippen LogP contribution in [-0.4, -0.2) is 87.9 Å². The van der Waals surface area contributed by atoms with Crippen LogP contribution in [0, 0.1) is 5.82 Å². The van der Waals surface area contributed by atoms with Gasteiger partial charge in [0.05, 0.1) is 36.4 Å². The molecule has 13 heteroatoms. The van der Waals surface area contributed by atoms with E-state index in [9.17, 15) is 19.1 Å². The van der Waals surface area contributed by atoms with Crippen LogP contribution in [0.2, 0.25) is 0 Å². The number of piperidine rings is 2. The maximum Gasteiger partial charge on any atom is 0.320 e. The molecule has 5 heterocycles. The highest BCUT2D eigenvalue weighted by Crippen LogP contribution is 2.26. The molecule has 0 aliphatic carbocycles. The number of halogens is 1. The van der Waals surface area contributed by atoms with E-state index in [1.165, 1.54) is 33.9 Å². The van der Waals surface area contributed by atoms with Crippen LogP contribution in [-0.2, 0) is 13.6 Å². The summed E-state index contributed by atoms with van der Waals surface area (Å²) in [4.78, 5) is 34.3. The lowest BCUT2D eigenvalue weighted by atomic mass is 9.91. The number of nitrogens with zero attached hydrogens (tertiary/aromatic N) is 8. The molecule has 1 N–H and O–H groups in total. The Morgan fingerprint density at radius 3 is 2.45 bits per heavy atom. The molecule has 12 nitrogen and oxygen atoms in total. The van der Waals surface area contributed by atoms with Gasteiger partial charge in [-0.15, -0.1) is 0 Å². The summed E-state index contributed by atoms with van der Waals surface area (Å²) < 4.78 is 23.9. The predicted molar refractivity (Wildman–Crippen MR) is 143 cm³/mol. The maximum absolute atomic E-state index is 13.3. The first-order valence-corrected chi connectivity index (χ1v) is 13.4. The second-order valence-corrected chi connectivity index (χ2v) is 10.6. The van der Waals surface area contributed by atoms with Crippen LogP contribution in [0.15, 0.2) is 54.0 Å². The minimum Gasteiger partial charge on any atom is -0.487 e. The molecule has 6 rings (SSSR count). The van der Waals surface area contributed by atoms with Gasteiger partial charge in [0.15, 0.2) is 11.4 Å². The van der Waals surface area contributed by atoms with Crippen molar-refractivity contribution in [2.45, 2.75) is 43.9 Å². The van der Waals surface area contributed by atoms with E-state index in [0.29, 0.717) is 55.7 Å². The number of likely N-dealkylation sites (tertiary alicyclic amines) is 2. The summed E-state index contributed by atoms with van der Waals surface area (Å²) in [5.74, 6) is 0.366. The summed E-state index contributed by atoms with van der Waals surface area (Å²) in [6.07, 6.45) is 8.58. The number of aliphatic hydroxyl groups is 1. The van der Waals surface area contributed by atoms with E-state index >= 15 is 0 Å². The third kappa shape index (κ3) is 5.16. The fourth-order valence-corrected chi connectivity index (χ4v) is 5.44. The van der Waals surface area contributed by atoms with E-state index in [0.717, 1.165) is 18.6 Å². The summed E-state index contributed by atoms with van der Waals surface area (Å²) in [6, 6.07) is 5.72. The van der Waals surface area contributed by atoms with E-state index in [4.69, 9.17) is 4.74 Å². The monoisotopic (exact) mass is 550 g/mol. The van der Waals surface area contributed by atoms with Gasteiger partial charge in [-0.05, 0) is 37.1 Å². The first kappa shape index (κ1) is 26.0. The second kappa shape index (κ2) is 10.4. The molecule has 2 saturated heterocycles. The number of aryl methyl sites for hydroxylation is 1. The third-order valence-corrected chi connectivity index (χ3v) is 7.75. The van der Waals surface area contributed by atoms with E-state index in [-0.39, 0.29) is 30.1 Å². The zero-order valence-corrected chi connectivity index (χ0v) is 22.2. The molecule has 40 heavy (non-hydrogen) atoms. The lowest BCUT2D eigenvalue weighted by molar-refractivity contribution is -0.0300. The Labute approximate surface area is 229 Å². The number of hydrogen-bond acceptors (Lipinski definition) is 7. The highest BCUT2D eigenvalue weighted by Gasteiger charge is 2.37. The summed E-state index contributed by atoms with van der Waals surface area (Å²) in [5, 5.41) is 20.0. The second-order valence-electron chi connectivity index (χ2n) is 10.6. The summed E-state index contributed by atoms with van der Waals surface area (Å²) in [7, 11) is 1.84. The number of benzene rings is 1. The van der Waals surface area contributed by atoms with Gasteiger partial charge in [0.2, 0.25) is 0 Å². The normalized spacial score (nSPS) is 17.9. The molecular weight excluding hydrogens is 519 g/mol. The van der Waals surface area contributed by atoms with E-state index in [1.54, 1.807) is 27.9 Å². The smallest absolute Gasteiger partial charge is 0.320 e. The van der Waals surface area contributed by atoms with Gasteiger partial charge >= 0.3 is 6.03 Å². The van der Waals surface area contributed by atoms with Gasteiger partial charge < -0.3 is 19.6 Å². The van der Waals surface area contributed by atoms with Crippen molar-refractivity contribution in [3.63, 3.8) is 0 Å². The Balaban J connectivity index is 1.05. The van der Waals surface area contributed by atoms with Crippen LogP contribution in [0.3, 0.4) is 0 Å². The van der Waals surface area contributed by atoms with E-state index in [2.05, 4.69) is 15.2 Å². The predicted octanol–water partition coefficient (Wildman–Crippen LogP) is 1.95. The van der Waals surface area contributed by atoms with Gasteiger partial charge in [-0.1, -0.05) is 0 Å². The maximum atomic E-state index is 13.3. The number of carbonyl (C=O) groups excluding carboxylic acids is 1. The van der Waals surface area contributed by atoms with Crippen LogP contribution < -0.4 is 10.3 Å². The molecule has 3 aromatic heterocycles. The Hall–Kier alpha value is -4.26. The minimum atomic E-state index is -1.15. The highest BCUT2D eigenvalue weighted by molar-refractivity contribution is 5.75. The van der Waals surface area contributed by atoms with Crippen molar-refractivity contribution in [3.8, 4) is 11.4 Å². The fourth-order valence-electron chi connectivity index (χ4n) is 5.44. The highest BCUT2D eigenvalue weighted by atomic mass is 19.1. The van der Waals surface area contributed by atoms with Crippen LogP contribution in [0.5, 0.6) is 5.75 Å². The number of hydrogen-bond donors (Lipinski definition) is 1. The largest absolute Gasteiger partial charge is 0.487 e. The molecule has 1 aromatic carbocycles. The summed E-state index contributed by atoms with van der Waals surface area (Å²) >= 11 is 0. The standard InChI is InChI=1S/C27H31FN8O4/c1-32-16-22(14-30-32)40-21-6-10-33(11-7-21)26(38)34-12-8-27(39,9-13-34)17-35-18-29-24-23(25(35)37)15-31-36(24)20-4-2-19(28)3-5-20/h2-5,14-16,18,21,39H,6-13,17H2,1H3. The Morgan fingerprint density at radius 2 is 1.77 bits per heavy atom. The Kier molecular flexibility index (Phi) is 6.74. The van der Waals surface area contributed by atoms with E-state index in [1.807, 2.05) is 18.1 Å². The average molecular weight is 551 g/mol. The molecule has 210 valence electrons. The van der Waals surface area contributed by atoms with Gasteiger partial charge in [0.1, 0.15) is 23.6 Å². The van der Waals surface area contributed by atoms with Crippen LogP contribution in [0.4, 0.5) is 9.18 Å². The van der Waals surface area contributed by atoms with Crippen molar-refractivity contribution in [2.75, 3.05) is 26.2 Å². The van der Waals surface area contributed by atoms with Gasteiger partial charge in [-0.25, -0.2) is 18.9 Å². The van der Waals surface area contributed by atoms with Crippen molar-refractivity contribution in [1.82, 2.24) is 38.9 Å². The number of rotatable bonds is 5. The van der Waals surface area contributed by atoms with Crippen LogP contribution >= 0.6 is 0 Å². The van der Waals surface area contributed by atoms with Gasteiger partial charge in [-0.2, -0.15) is 10.2 Å². The van der Waals surface area contributed by atoms with Crippen LogP contribution in [0.25, 0.3) is 16.7 Å². The number of ether oxygens (including phenoxy) is 1. The summed E-state index contributed by atoms with van der Waals surface area (Å²) in [6.45, 7) is 2.08. The van der Waals surface area contributed by atoms with Crippen LogP contribution in [0.1, 0.15) is 25.7 Å². The SMILES string of the molecule is Cn1cc(OC2CCN(C(=O)N3CCC(O)(Cn4cnc5c(cnn5-c5ccc(F)cc5)c4=O)CC3)CC2)cn1. The molecule has 2 aliphatic heterocycles. The molecule has 0 atom stereocenters. The molecule has 0 bridgehead atoms. The zero-order chi connectivity index (χ0) is 27.9. The van der Waals surface area contributed by atoms with Gasteiger partial charge in [-0.3, -0.25) is 14.0 Å². The number of aromatic nitrogens is 6. The van der Waals surface area contributed by atoms with Gasteiger partial charge in [0.25, 0.3) is 5.56 Å². The molecule has 2 aliphatic rings. The molecular formula is C27H31FN8O4. The average Bonchev–Trinajstić information content (AvgIpc) is 3.57. The van der Waals surface area contributed by atoms with Crippen molar-refractivity contribution in [2.24, 2.45) is 7.05 Å². The topological polar surface area (TPSA) is 124 Å². The van der Waals surface area contributed by atoms with Crippen molar-refractivity contribution in [1.29, 1.82) is 0 Å². The fraction of sp³-hybridized carbons (Fsp3) is 0.444. The van der Waals surface area contributed by atoms with Crippen molar-refractivity contribution < 1.29 is 19.0 Å². The zero-order valence-electron chi connectivity index (χ0n) is 22.2. The number of fused-ring (bicyclic) bond motifs is 1. The molecule has 2 fully saturated rings. The van der Waals surface area contributed by atoms with Crippen molar-refractivity contribution in [3.05, 3.63) is 65.4 Å². The first-order valence-electron chi connectivity index (χ1n) is 13.4. The lowest BCUT2D eigenvalue weighted by Gasteiger charge is -2.41. The molecule has 0 unspecified atom stereocenters. The third-order valence-electron chi connectivity index (χ3n) is 7.75.